The number of hydrogen-bond acceptors (Lipinski definition) is 3. The van der Waals surface area contributed by atoms with E-state index in [2.05, 4.69) is 5.10 Å². The van der Waals surface area contributed by atoms with Gasteiger partial charge in [0, 0.05) is 6.07 Å². The lowest BCUT2D eigenvalue weighted by Gasteiger charge is -2.07. The molecule has 0 aliphatic carbocycles. The first-order chi connectivity index (χ1) is 10.2. The molecule has 2 N–H and O–H groups in total. The smallest absolute Gasteiger partial charge is 0.289 e. The highest BCUT2D eigenvalue weighted by Crippen LogP contribution is 2.22. The van der Waals surface area contributed by atoms with Crippen molar-refractivity contribution in [3.63, 3.8) is 0 Å². The number of alkyl halides is 2. The number of aryl methyl sites for hydroxylation is 1. The molecule has 0 saturated carbocycles. The van der Waals surface area contributed by atoms with Crippen molar-refractivity contribution in [2.75, 3.05) is 4.72 Å². The van der Waals surface area contributed by atoms with Gasteiger partial charge in [-0.25, -0.2) is 22.4 Å². The minimum Gasteiger partial charge on any atom is -0.289 e. The van der Waals surface area contributed by atoms with Gasteiger partial charge in [-0.3, -0.25) is 9.27 Å². The zero-order valence-corrected chi connectivity index (χ0v) is 11.6. The Hall–Kier alpha value is -2.21. The first kappa shape index (κ1) is 16.2. The van der Waals surface area contributed by atoms with Gasteiger partial charge in [0.15, 0.2) is 5.82 Å². The molecule has 12 heteroatoms. The van der Waals surface area contributed by atoms with Crippen molar-refractivity contribution in [1.82, 2.24) is 14.3 Å². The summed E-state index contributed by atoms with van der Waals surface area (Å²) >= 11 is -2.66. The number of nitrogens with zero attached hydrogens (tertiary/aromatic N) is 3. The second kappa shape index (κ2) is 5.88. The average molecular weight is 340 g/mol. The van der Waals surface area contributed by atoms with E-state index in [9.17, 15) is 26.6 Å². The quantitative estimate of drug-likeness (QED) is 0.653. The van der Waals surface area contributed by atoms with Gasteiger partial charge < -0.3 is 0 Å². The summed E-state index contributed by atoms with van der Waals surface area (Å²) in [6.07, 6.45) is 0. The number of benzene rings is 1. The van der Waals surface area contributed by atoms with Crippen molar-refractivity contribution in [1.29, 1.82) is 0 Å². The van der Waals surface area contributed by atoms with Crippen LogP contribution < -0.4 is 10.4 Å². The van der Waals surface area contributed by atoms with Crippen molar-refractivity contribution in [3.05, 3.63) is 40.1 Å². The molecule has 120 valence electrons. The van der Waals surface area contributed by atoms with Crippen molar-refractivity contribution < 1.29 is 26.3 Å². The molecule has 0 bridgehead atoms. The predicted molar refractivity (Wildman–Crippen MR) is 68.1 cm³/mol. The normalized spacial score (nSPS) is 12.7. The summed E-state index contributed by atoms with van der Waals surface area (Å²) in [5.74, 6) is -2.85. The fourth-order valence-corrected chi connectivity index (χ4v) is 2.07. The minimum absolute atomic E-state index is 0.0140. The van der Waals surface area contributed by atoms with E-state index in [0.29, 0.717) is 16.8 Å². The average Bonchev–Trinajstić information content (AvgIpc) is 2.67. The van der Waals surface area contributed by atoms with Gasteiger partial charge in [-0.2, -0.15) is 13.5 Å². The van der Waals surface area contributed by atoms with Crippen LogP contribution in [0.3, 0.4) is 0 Å². The lowest BCUT2D eigenvalue weighted by Crippen LogP contribution is -2.25. The lowest BCUT2D eigenvalue weighted by atomic mass is 10.2. The maximum absolute atomic E-state index is 13.8. The Morgan fingerprint density at radius 1 is 1.32 bits per heavy atom. The van der Waals surface area contributed by atoms with Gasteiger partial charge in [0.1, 0.15) is 17.3 Å². The number of hydrogen-bond donors (Lipinski definition) is 2. The Kier molecular flexibility index (Phi) is 4.32. The third-order valence-electron chi connectivity index (χ3n) is 2.64. The van der Waals surface area contributed by atoms with Crippen LogP contribution in [0.15, 0.2) is 16.9 Å². The Balaban J connectivity index is 2.65. The van der Waals surface area contributed by atoms with E-state index in [1.54, 1.807) is 4.72 Å². The van der Waals surface area contributed by atoms with E-state index in [1.807, 2.05) is 0 Å². The minimum atomic E-state index is -3.19. The second-order valence-corrected chi connectivity index (χ2v) is 4.73. The molecule has 0 radical (unpaired) electrons. The molecule has 1 unspecified atom stereocenters. The first-order valence-electron chi connectivity index (χ1n) is 5.55. The van der Waals surface area contributed by atoms with E-state index in [-0.39, 0.29) is 10.4 Å². The Bertz CT molecular complexity index is 804. The van der Waals surface area contributed by atoms with Crippen LogP contribution in [0.1, 0.15) is 12.4 Å². The summed E-state index contributed by atoms with van der Waals surface area (Å²) in [6.45, 7) is -2.08. The fraction of sp³-hybridized carbons (Fsp3) is 0.200. The molecule has 0 aliphatic rings. The summed E-state index contributed by atoms with van der Waals surface area (Å²) in [7, 11) is 0. The highest BCUT2D eigenvalue weighted by atomic mass is 32.2. The molecule has 0 fully saturated rings. The number of aromatic nitrogens is 3. The van der Waals surface area contributed by atoms with Gasteiger partial charge >= 0.3 is 12.2 Å². The second-order valence-electron chi connectivity index (χ2n) is 4.02. The SMILES string of the molecule is Cc1nn(-c2cc(NS(=O)O)c(F)cc2F)c(=O)n1C(F)F. The molecule has 0 saturated heterocycles. The summed E-state index contributed by atoms with van der Waals surface area (Å²) in [4.78, 5) is 11.8. The summed E-state index contributed by atoms with van der Waals surface area (Å²) in [5, 5.41) is 3.47. The fourth-order valence-electron chi connectivity index (χ4n) is 1.73. The van der Waals surface area contributed by atoms with Gasteiger partial charge in [0.05, 0.1) is 5.69 Å². The van der Waals surface area contributed by atoms with Crippen LogP contribution in [-0.2, 0) is 11.3 Å². The molecule has 1 heterocycles. The molecule has 1 atom stereocenters. The molecule has 7 nitrogen and oxygen atoms in total. The number of halogens is 4. The Morgan fingerprint density at radius 2 is 1.95 bits per heavy atom. The Morgan fingerprint density at radius 3 is 2.45 bits per heavy atom. The van der Waals surface area contributed by atoms with E-state index < -0.39 is 46.5 Å². The topological polar surface area (TPSA) is 89.2 Å². The zero-order chi connectivity index (χ0) is 16.6. The van der Waals surface area contributed by atoms with Crippen molar-refractivity contribution >= 4 is 17.0 Å². The van der Waals surface area contributed by atoms with Crippen LogP contribution in [0.2, 0.25) is 0 Å². The third-order valence-corrected chi connectivity index (χ3v) is 3.03. The molecular weight excluding hydrogens is 332 g/mol. The Labute approximate surface area is 122 Å². The first-order valence-corrected chi connectivity index (χ1v) is 6.66. The molecule has 22 heavy (non-hydrogen) atoms. The maximum Gasteiger partial charge on any atom is 0.355 e. The molecule has 0 amide bonds. The van der Waals surface area contributed by atoms with E-state index in [4.69, 9.17) is 4.55 Å². The largest absolute Gasteiger partial charge is 0.355 e. The van der Waals surface area contributed by atoms with Gasteiger partial charge in [0.25, 0.3) is 11.3 Å². The number of rotatable bonds is 4. The molecule has 1 aromatic carbocycles. The summed E-state index contributed by atoms with van der Waals surface area (Å²) in [5.41, 5.74) is -2.59. The number of nitrogens with one attached hydrogen (secondary N) is 1. The van der Waals surface area contributed by atoms with Crippen LogP contribution in [0.5, 0.6) is 0 Å². The van der Waals surface area contributed by atoms with E-state index in [0.717, 1.165) is 6.92 Å². The summed E-state index contributed by atoms with van der Waals surface area (Å²) < 4.78 is 74.0. The van der Waals surface area contributed by atoms with E-state index >= 15 is 0 Å². The monoisotopic (exact) mass is 340 g/mol. The molecule has 1 aromatic heterocycles. The van der Waals surface area contributed by atoms with Crippen LogP contribution in [0.25, 0.3) is 5.69 Å². The predicted octanol–water partition coefficient (Wildman–Crippen LogP) is 1.56. The van der Waals surface area contributed by atoms with E-state index in [1.165, 1.54) is 0 Å². The van der Waals surface area contributed by atoms with Crippen molar-refractivity contribution in [2.24, 2.45) is 0 Å². The molecular formula is C10H8F4N4O3S. The number of anilines is 1. The van der Waals surface area contributed by atoms with Crippen LogP contribution in [0.4, 0.5) is 23.2 Å². The summed E-state index contributed by atoms with van der Waals surface area (Å²) in [6, 6.07) is 0.996. The van der Waals surface area contributed by atoms with Crippen molar-refractivity contribution in [3.8, 4) is 5.69 Å². The highest BCUT2D eigenvalue weighted by molar-refractivity contribution is 7.80. The van der Waals surface area contributed by atoms with Crippen LogP contribution >= 0.6 is 0 Å². The van der Waals surface area contributed by atoms with Gasteiger partial charge in [0.2, 0.25) is 0 Å². The van der Waals surface area contributed by atoms with Gasteiger partial charge in [-0.05, 0) is 13.0 Å². The molecule has 2 aromatic rings. The molecule has 0 spiro atoms. The third kappa shape index (κ3) is 2.87. The molecule has 0 aliphatic heterocycles. The standard InChI is InChI=1S/C10H8F4N4O3S/c1-4-15-18(10(19)17(4)9(13)14)8-3-7(16-22(20)21)5(11)2-6(8)12/h2-3,9,16H,1H3,(H,20,21). The maximum atomic E-state index is 13.8. The van der Waals surface area contributed by atoms with Gasteiger partial charge in [-0.15, -0.1) is 5.10 Å². The van der Waals surface area contributed by atoms with Crippen molar-refractivity contribution in [2.45, 2.75) is 13.5 Å². The molecule has 2 rings (SSSR count). The lowest BCUT2D eigenvalue weighted by molar-refractivity contribution is 0.0640. The highest BCUT2D eigenvalue weighted by Gasteiger charge is 2.21. The van der Waals surface area contributed by atoms with Crippen LogP contribution in [0, 0.1) is 18.6 Å². The van der Waals surface area contributed by atoms with Crippen LogP contribution in [-0.4, -0.2) is 23.1 Å². The van der Waals surface area contributed by atoms with Gasteiger partial charge in [-0.1, -0.05) is 0 Å². The zero-order valence-electron chi connectivity index (χ0n) is 10.8.